The molecule has 50 heavy (non-hydrogen) atoms. The standard InChI is InChI=1S/C37H40FN7O4S/c1-21-16-43(25-19-49-20-25)7-8-44(21)24-5-6-33(39-14-24)41-30-9-22(17-42(4)35(30)47)26-10-23(38)11-31(29(26)18-46)45-36(48)34-28(15-40-45)27-12-37(2,3)13-32(27)50-34/h5-6,9-11,14-15,17,21,25,46H,7-8,12-13,16,18-20H2,1-4H3,(H,39,41)/t21-/m0/s1. The fourth-order valence-corrected chi connectivity index (χ4v) is 9.13. The maximum Gasteiger partial charge on any atom is 0.289 e. The number of halogens is 1. The van der Waals surface area contributed by atoms with Crippen LogP contribution in [-0.2, 0) is 31.2 Å². The number of pyridine rings is 2. The number of aliphatic hydroxyl groups excluding tert-OH is 1. The summed E-state index contributed by atoms with van der Waals surface area (Å²) in [6.45, 7) is 10.6. The van der Waals surface area contributed by atoms with Gasteiger partial charge in [-0.1, -0.05) is 13.8 Å². The van der Waals surface area contributed by atoms with Gasteiger partial charge in [0.05, 0.1) is 49.6 Å². The van der Waals surface area contributed by atoms with Crippen molar-refractivity contribution >= 4 is 38.6 Å². The van der Waals surface area contributed by atoms with E-state index in [4.69, 9.17) is 4.74 Å². The molecule has 1 aromatic carbocycles. The predicted molar refractivity (Wildman–Crippen MR) is 193 cm³/mol. The van der Waals surface area contributed by atoms with E-state index >= 15 is 4.39 Å². The summed E-state index contributed by atoms with van der Waals surface area (Å²) in [5.74, 6) is -0.119. The fourth-order valence-electron chi connectivity index (χ4n) is 7.66. The molecule has 11 nitrogen and oxygen atoms in total. The molecule has 0 amide bonds. The van der Waals surface area contributed by atoms with Gasteiger partial charge in [0.1, 0.15) is 22.0 Å². The summed E-state index contributed by atoms with van der Waals surface area (Å²) in [7, 11) is 1.61. The first kappa shape index (κ1) is 32.8. The Morgan fingerprint density at radius 2 is 1.92 bits per heavy atom. The SMILES string of the molecule is C[C@H]1CN(C2COC2)CCN1c1ccc(Nc2cc(-c3cc(F)cc(-n4ncc5c6c(sc5c4=O)CC(C)(C)C6)c3CO)cn(C)c2=O)nc1. The van der Waals surface area contributed by atoms with E-state index in [0.29, 0.717) is 39.3 Å². The van der Waals surface area contributed by atoms with Crippen LogP contribution in [0.2, 0.25) is 0 Å². The van der Waals surface area contributed by atoms with Crippen molar-refractivity contribution in [3.8, 4) is 16.8 Å². The molecule has 0 radical (unpaired) electrons. The quantitative estimate of drug-likeness (QED) is 0.251. The summed E-state index contributed by atoms with van der Waals surface area (Å²) in [6, 6.07) is 8.80. The van der Waals surface area contributed by atoms with Crippen molar-refractivity contribution in [1.29, 1.82) is 0 Å². The Kier molecular flexibility index (Phi) is 8.13. The second-order valence-electron chi connectivity index (χ2n) is 14.5. The van der Waals surface area contributed by atoms with Gasteiger partial charge in [0.2, 0.25) is 0 Å². The van der Waals surface area contributed by atoms with Gasteiger partial charge in [0, 0.05) is 66.4 Å². The van der Waals surface area contributed by atoms with Crippen molar-refractivity contribution < 1.29 is 14.2 Å². The second kappa shape index (κ2) is 12.4. The number of hydrogen-bond acceptors (Lipinski definition) is 10. The molecular formula is C37H40FN7O4S. The van der Waals surface area contributed by atoms with E-state index < -0.39 is 12.4 Å². The van der Waals surface area contributed by atoms with Crippen LogP contribution in [0.15, 0.2) is 58.5 Å². The first-order valence-electron chi connectivity index (χ1n) is 17.0. The van der Waals surface area contributed by atoms with E-state index in [1.54, 1.807) is 25.5 Å². The Bertz CT molecular complexity index is 2240. The van der Waals surface area contributed by atoms with Gasteiger partial charge < -0.3 is 24.6 Å². The highest BCUT2D eigenvalue weighted by Crippen LogP contribution is 2.44. The zero-order chi connectivity index (χ0) is 34.9. The molecule has 260 valence electrons. The number of aliphatic hydroxyl groups is 1. The molecular weight excluding hydrogens is 658 g/mol. The Hall–Kier alpha value is -4.43. The van der Waals surface area contributed by atoms with Crippen LogP contribution in [0, 0.1) is 11.2 Å². The van der Waals surface area contributed by atoms with Crippen molar-refractivity contribution in [3.63, 3.8) is 0 Å². The zero-order valence-corrected chi connectivity index (χ0v) is 29.4. The Morgan fingerprint density at radius 3 is 2.62 bits per heavy atom. The molecule has 0 spiro atoms. The molecule has 8 rings (SSSR count). The number of hydrogen-bond donors (Lipinski definition) is 2. The summed E-state index contributed by atoms with van der Waals surface area (Å²) in [6.07, 6.45) is 6.84. The number of ether oxygens (including phenoxy) is 1. The summed E-state index contributed by atoms with van der Waals surface area (Å²) < 4.78 is 23.9. The lowest BCUT2D eigenvalue weighted by molar-refractivity contribution is -0.0691. The van der Waals surface area contributed by atoms with Crippen LogP contribution in [0.25, 0.3) is 26.9 Å². The molecule has 0 bridgehead atoms. The maximum absolute atomic E-state index is 15.4. The second-order valence-corrected chi connectivity index (χ2v) is 15.7. The van der Waals surface area contributed by atoms with Crippen molar-refractivity contribution in [2.24, 2.45) is 12.5 Å². The van der Waals surface area contributed by atoms with E-state index in [1.165, 1.54) is 37.6 Å². The van der Waals surface area contributed by atoms with E-state index in [9.17, 15) is 14.7 Å². The van der Waals surface area contributed by atoms with Crippen LogP contribution < -0.4 is 21.3 Å². The first-order chi connectivity index (χ1) is 24.0. The van der Waals surface area contributed by atoms with Gasteiger partial charge in [-0.15, -0.1) is 11.3 Å². The number of rotatable bonds is 7. The lowest BCUT2D eigenvalue weighted by Gasteiger charge is -2.46. The third kappa shape index (κ3) is 5.71. The molecule has 6 heterocycles. The van der Waals surface area contributed by atoms with Crippen LogP contribution in [0.5, 0.6) is 0 Å². The summed E-state index contributed by atoms with van der Waals surface area (Å²) in [5.41, 5.74) is 3.17. The smallest absolute Gasteiger partial charge is 0.289 e. The van der Waals surface area contributed by atoms with E-state index in [0.717, 1.165) is 62.3 Å². The van der Waals surface area contributed by atoms with Gasteiger partial charge in [-0.25, -0.2) is 9.37 Å². The van der Waals surface area contributed by atoms with Crippen LogP contribution >= 0.6 is 11.3 Å². The lowest BCUT2D eigenvalue weighted by Crippen LogP contribution is -2.59. The van der Waals surface area contributed by atoms with Gasteiger partial charge in [-0.05, 0) is 60.6 Å². The van der Waals surface area contributed by atoms with E-state index in [1.807, 2.05) is 18.3 Å². The molecule has 3 aliphatic rings. The minimum absolute atomic E-state index is 0.134. The highest BCUT2D eigenvalue weighted by Gasteiger charge is 2.34. The predicted octanol–water partition coefficient (Wildman–Crippen LogP) is 4.62. The number of nitrogens with zero attached hydrogens (tertiary/aromatic N) is 6. The highest BCUT2D eigenvalue weighted by molar-refractivity contribution is 7.19. The number of anilines is 3. The number of piperazine rings is 1. The van der Waals surface area contributed by atoms with E-state index in [-0.39, 0.29) is 27.9 Å². The molecule has 0 saturated carbocycles. The molecule has 2 aliphatic heterocycles. The summed E-state index contributed by atoms with van der Waals surface area (Å²) in [5, 5.41) is 19.1. The van der Waals surface area contributed by atoms with E-state index in [2.05, 4.69) is 46.0 Å². The van der Waals surface area contributed by atoms with Gasteiger partial charge in [-0.2, -0.15) is 9.78 Å². The average molecular weight is 698 g/mol. The zero-order valence-electron chi connectivity index (χ0n) is 28.6. The summed E-state index contributed by atoms with van der Waals surface area (Å²) in [4.78, 5) is 37.7. The highest BCUT2D eigenvalue weighted by atomic mass is 32.1. The molecule has 2 saturated heterocycles. The third-order valence-corrected chi connectivity index (χ3v) is 11.6. The molecule has 0 unspecified atom stereocenters. The molecule has 1 aliphatic carbocycles. The first-order valence-corrected chi connectivity index (χ1v) is 17.8. The number of aryl methyl sites for hydroxylation is 1. The van der Waals surface area contributed by atoms with Crippen LogP contribution in [0.1, 0.15) is 36.8 Å². The van der Waals surface area contributed by atoms with Crippen molar-refractivity contribution in [2.75, 3.05) is 43.1 Å². The Labute approximate surface area is 292 Å². The molecule has 4 aromatic heterocycles. The van der Waals surface area contributed by atoms with Crippen LogP contribution in [0.3, 0.4) is 0 Å². The number of benzene rings is 1. The van der Waals surface area contributed by atoms with Gasteiger partial charge in [0.25, 0.3) is 11.1 Å². The normalized spacial score (nSPS) is 19.2. The van der Waals surface area contributed by atoms with Crippen LogP contribution in [-0.4, -0.2) is 74.3 Å². The average Bonchev–Trinajstić information content (AvgIpc) is 3.55. The minimum atomic E-state index is -0.604. The molecule has 2 N–H and O–H groups in total. The van der Waals surface area contributed by atoms with Gasteiger partial charge in [-0.3, -0.25) is 14.5 Å². The molecule has 2 fully saturated rings. The molecule has 5 aromatic rings. The Morgan fingerprint density at radius 1 is 1.10 bits per heavy atom. The fraction of sp³-hybridized carbons (Fsp3) is 0.405. The number of thiophene rings is 1. The lowest BCUT2D eigenvalue weighted by atomic mass is 9.90. The summed E-state index contributed by atoms with van der Waals surface area (Å²) >= 11 is 1.47. The van der Waals surface area contributed by atoms with Crippen LogP contribution in [0.4, 0.5) is 21.6 Å². The van der Waals surface area contributed by atoms with Crippen molar-refractivity contribution in [3.05, 3.63) is 91.5 Å². The molecule has 13 heteroatoms. The monoisotopic (exact) mass is 697 g/mol. The third-order valence-electron chi connectivity index (χ3n) is 10.3. The number of nitrogens with one attached hydrogen (secondary N) is 1. The number of aromatic nitrogens is 4. The molecule has 1 atom stereocenters. The number of fused-ring (bicyclic) bond motifs is 3. The topological polar surface area (TPSA) is 118 Å². The van der Waals surface area contributed by atoms with Crippen molar-refractivity contribution in [2.45, 2.75) is 52.3 Å². The van der Waals surface area contributed by atoms with Gasteiger partial charge in [0.15, 0.2) is 0 Å². The largest absolute Gasteiger partial charge is 0.392 e. The maximum atomic E-state index is 15.4. The minimum Gasteiger partial charge on any atom is -0.392 e. The Balaban J connectivity index is 1.09. The van der Waals surface area contributed by atoms with Gasteiger partial charge >= 0.3 is 0 Å². The van der Waals surface area contributed by atoms with Crippen molar-refractivity contribution in [1.82, 2.24) is 24.2 Å².